The van der Waals surface area contributed by atoms with Crippen molar-refractivity contribution in [3.05, 3.63) is 38.4 Å². The number of aryl methyl sites for hydroxylation is 2. The van der Waals surface area contributed by atoms with Crippen LogP contribution in [0.4, 0.5) is 5.82 Å². The molecule has 0 bridgehead atoms. The van der Waals surface area contributed by atoms with E-state index < -0.39 is 0 Å². The topological polar surface area (TPSA) is 51.8 Å². The standard InChI is InChI=1S/C13H13Br2N3/c1-3-10-11(15)12(16)18-13(17-10)8-4-5-9(14)7(2)6-8/h4-6H,3H2,1-2H3,(H2,16,17,18). The van der Waals surface area contributed by atoms with Crippen LogP contribution in [0.1, 0.15) is 18.2 Å². The molecular weight excluding hydrogens is 358 g/mol. The van der Waals surface area contributed by atoms with E-state index in [1.807, 2.05) is 32.0 Å². The van der Waals surface area contributed by atoms with Crippen molar-refractivity contribution in [3.63, 3.8) is 0 Å². The van der Waals surface area contributed by atoms with Gasteiger partial charge in [0.2, 0.25) is 0 Å². The van der Waals surface area contributed by atoms with Gasteiger partial charge in [0.05, 0.1) is 10.2 Å². The molecule has 5 heteroatoms. The summed E-state index contributed by atoms with van der Waals surface area (Å²) in [6.45, 7) is 4.08. The van der Waals surface area contributed by atoms with Gasteiger partial charge < -0.3 is 5.73 Å². The Morgan fingerprint density at radius 1 is 1.22 bits per heavy atom. The normalized spacial score (nSPS) is 10.7. The molecule has 0 aliphatic rings. The Kier molecular flexibility index (Phi) is 4.02. The zero-order chi connectivity index (χ0) is 13.3. The number of hydrogen-bond donors (Lipinski definition) is 1. The molecule has 94 valence electrons. The highest BCUT2D eigenvalue weighted by Crippen LogP contribution is 2.27. The summed E-state index contributed by atoms with van der Waals surface area (Å²) >= 11 is 6.90. The molecule has 2 N–H and O–H groups in total. The average Bonchev–Trinajstić information content (AvgIpc) is 2.36. The Hall–Kier alpha value is -0.940. The molecule has 1 heterocycles. The summed E-state index contributed by atoms with van der Waals surface area (Å²) < 4.78 is 1.87. The molecule has 0 radical (unpaired) electrons. The van der Waals surface area contributed by atoms with Gasteiger partial charge in [0.15, 0.2) is 5.82 Å². The van der Waals surface area contributed by atoms with Gasteiger partial charge in [0, 0.05) is 10.0 Å². The third kappa shape index (κ3) is 2.57. The van der Waals surface area contributed by atoms with Gasteiger partial charge in [-0.05, 0) is 47.0 Å². The lowest BCUT2D eigenvalue weighted by atomic mass is 10.1. The fraction of sp³-hybridized carbons (Fsp3) is 0.231. The van der Waals surface area contributed by atoms with Crippen molar-refractivity contribution < 1.29 is 0 Å². The number of aromatic nitrogens is 2. The first-order chi connectivity index (χ1) is 8.52. The third-order valence-electron chi connectivity index (χ3n) is 2.70. The van der Waals surface area contributed by atoms with E-state index in [0.717, 1.165) is 32.2 Å². The number of rotatable bonds is 2. The van der Waals surface area contributed by atoms with Crippen LogP contribution in [-0.2, 0) is 6.42 Å². The number of nitrogens with two attached hydrogens (primary N) is 1. The van der Waals surface area contributed by atoms with Crippen molar-refractivity contribution in [1.29, 1.82) is 0 Å². The lowest BCUT2D eigenvalue weighted by Crippen LogP contribution is -2.02. The summed E-state index contributed by atoms with van der Waals surface area (Å²) in [5, 5.41) is 0. The van der Waals surface area contributed by atoms with Crippen LogP contribution < -0.4 is 5.73 Å². The minimum Gasteiger partial charge on any atom is -0.383 e. The second-order valence-corrected chi connectivity index (χ2v) is 5.66. The lowest BCUT2D eigenvalue weighted by molar-refractivity contribution is 0.995. The van der Waals surface area contributed by atoms with Gasteiger partial charge in [-0.15, -0.1) is 0 Å². The molecule has 0 aliphatic heterocycles. The molecule has 1 aromatic heterocycles. The van der Waals surface area contributed by atoms with E-state index in [2.05, 4.69) is 41.8 Å². The van der Waals surface area contributed by atoms with Crippen LogP contribution in [0, 0.1) is 6.92 Å². The molecule has 1 aromatic carbocycles. The third-order valence-corrected chi connectivity index (χ3v) is 4.45. The maximum Gasteiger partial charge on any atom is 0.161 e. The van der Waals surface area contributed by atoms with E-state index in [-0.39, 0.29) is 0 Å². The molecule has 2 rings (SSSR count). The monoisotopic (exact) mass is 369 g/mol. The first-order valence-electron chi connectivity index (χ1n) is 5.61. The first-order valence-corrected chi connectivity index (χ1v) is 7.20. The summed E-state index contributed by atoms with van der Waals surface area (Å²) in [4.78, 5) is 8.87. The molecule has 0 atom stereocenters. The minimum atomic E-state index is 0.484. The van der Waals surface area contributed by atoms with E-state index >= 15 is 0 Å². The minimum absolute atomic E-state index is 0.484. The predicted octanol–water partition coefficient (Wildman–Crippen LogP) is 4.12. The average molecular weight is 371 g/mol. The van der Waals surface area contributed by atoms with E-state index in [4.69, 9.17) is 5.73 Å². The molecule has 0 saturated heterocycles. The summed E-state index contributed by atoms with van der Waals surface area (Å²) in [6.07, 6.45) is 0.815. The van der Waals surface area contributed by atoms with Crippen LogP contribution in [0.2, 0.25) is 0 Å². The van der Waals surface area contributed by atoms with Crippen molar-refractivity contribution in [3.8, 4) is 11.4 Å². The largest absolute Gasteiger partial charge is 0.383 e. The Bertz CT molecular complexity index is 597. The zero-order valence-electron chi connectivity index (χ0n) is 10.2. The number of benzene rings is 1. The molecule has 0 unspecified atom stereocenters. The molecule has 2 aromatic rings. The van der Waals surface area contributed by atoms with Crippen LogP contribution in [0.5, 0.6) is 0 Å². The van der Waals surface area contributed by atoms with Gasteiger partial charge in [0.1, 0.15) is 5.82 Å². The quantitative estimate of drug-likeness (QED) is 0.864. The van der Waals surface area contributed by atoms with Crippen LogP contribution in [0.25, 0.3) is 11.4 Å². The van der Waals surface area contributed by atoms with Crippen LogP contribution in [0.3, 0.4) is 0 Å². The SMILES string of the molecule is CCc1nc(-c2ccc(Br)c(C)c2)nc(N)c1Br. The van der Waals surface area contributed by atoms with Crippen molar-refractivity contribution in [2.45, 2.75) is 20.3 Å². The highest BCUT2D eigenvalue weighted by atomic mass is 79.9. The number of nitrogen functional groups attached to an aromatic ring is 1. The number of halogens is 2. The molecule has 18 heavy (non-hydrogen) atoms. The number of anilines is 1. The molecule has 0 aliphatic carbocycles. The fourth-order valence-electron chi connectivity index (χ4n) is 1.66. The first kappa shape index (κ1) is 13.5. The second kappa shape index (κ2) is 5.36. The van der Waals surface area contributed by atoms with Crippen LogP contribution in [-0.4, -0.2) is 9.97 Å². The summed E-state index contributed by atoms with van der Waals surface area (Å²) in [5.41, 5.74) is 8.95. The van der Waals surface area contributed by atoms with Crippen LogP contribution in [0.15, 0.2) is 27.1 Å². The molecule has 3 nitrogen and oxygen atoms in total. The number of hydrogen-bond acceptors (Lipinski definition) is 3. The van der Waals surface area contributed by atoms with Gasteiger partial charge in [-0.1, -0.05) is 28.9 Å². The fourth-order valence-corrected chi connectivity index (χ4v) is 2.36. The van der Waals surface area contributed by atoms with Gasteiger partial charge in [-0.2, -0.15) is 0 Å². The second-order valence-electron chi connectivity index (χ2n) is 4.01. The van der Waals surface area contributed by atoms with Crippen molar-refractivity contribution in [2.24, 2.45) is 0 Å². The molecule has 0 spiro atoms. The maximum atomic E-state index is 5.90. The van der Waals surface area contributed by atoms with Gasteiger partial charge in [-0.25, -0.2) is 9.97 Å². The van der Waals surface area contributed by atoms with E-state index in [1.54, 1.807) is 0 Å². The van der Waals surface area contributed by atoms with Crippen molar-refractivity contribution >= 4 is 37.7 Å². The Balaban J connectivity index is 2.57. The van der Waals surface area contributed by atoms with Crippen molar-refractivity contribution in [2.75, 3.05) is 5.73 Å². The Morgan fingerprint density at radius 3 is 2.56 bits per heavy atom. The highest BCUT2D eigenvalue weighted by Gasteiger charge is 2.10. The van der Waals surface area contributed by atoms with E-state index in [9.17, 15) is 0 Å². The maximum absolute atomic E-state index is 5.90. The molecule has 0 fully saturated rings. The van der Waals surface area contributed by atoms with Gasteiger partial charge in [0.25, 0.3) is 0 Å². The van der Waals surface area contributed by atoms with Crippen LogP contribution >= 0.6 is 31.9 Å². The Morgan fingerprint density at radius 2 is 1.94 bits per heavy atom. The summed E-state index contributed by atoms with van der Waals surface area (Å²) in [7, 11) is 0. The highest BCUT2D eigenvalue weighted by molar-refractivity contribution is 9.11. The molecular formula is C13H13Br2N3. The van der Waals surface area contributed by atoms with E-state index in [0.29, 0.717) is 11.6 Å². The molecule has 0 amide bonds. The van der Waals surface area contributed by atoms with Gasteiger partial charge >= 0.3 is 0 Å². The van der Waals surface area contributed by atoms with Crippen molar-refractivity contribution in [1.82, 2.24) is 9.97 Å². The predicted molar refractivity (Wildman–Crippen MR) is 81.4 cm³/mol. The number of nitrogens with zero attached hydrogens (tertiary/aromatic N) is 2. The summed E-state index contributed by atoms with van der Waals surface area (Å²) in [5.74, 6) is 1.15. The smallest absolute Gasteiger partial charge is 0.161 e. The summed E-state index contributed by atoms with van der Waals surface area (Å²) in [6, 6.07) is 6.03. The zero-order valence-corrected chi connectivity index (χ0v) is 13.3. The Labute approximate surface area is 123 Å². The van der Waals surface area contributed by atoms with Gasteiger partial charge in [-0.3, -0.25) is 0 Å². The lowest BCUT2D eigenvalue weighted by Gasteiger charge is -2.08. The molecule has 0 saturated carbocycles. The van der Waals surface area contributed by atoms with E-state index in [1.165, 1.54) is 0 Å².